The van der Waals surface area contributed by atoms with E-state index in [-0.39, 0.29) is 11.1 Å². The standard InChI is InChI=1S/C11H20N4O2S/c1-3-5-14-8-11(13-9(14)2)18(16,17)15-6-4-10(12)7-15/h8,10H,3-7,12H2,1-2H3. The zero-order valence-electron chi connectivity index (χ0n) is 10.8. The first kappa shape index (κ1) is 13.5. The van der Waals surface area contributed by atoms with Crippen LogP contribution in [0.4, 0.5) is 0 Å². The minimum absolute atomic E-state index is 0.0569. The summed E-state index contributed by atoms with van der Waals surface area (Å²) in [5, 5.41) is 0.141. The molecule has 0 aliphatic carbocycles. The van der Waals surface area contributed by atoms with Crippen LogP contribution >= 0.6 is 0 Å². The lowest BCUT2D eigenvalue weighted by molar-refractivity contribution is 0.469. The molecule has 7 heteroatoms. The molecule has 1 unspecified atom stereocenters. The molecular formula is C11H20N4O2S. The summed E-state index contributed by atoms with van der Waals surface area (Å²) in [6.45, 7) is 5.54. The fraction of sp³-hybridized carbons (Fsp3) is 0.727. The second-order valence-electron chi connectivity index (χ2n) is 4.73. The summed E-state index contributed by atoms with van der Waals surface area (Å²) in [6, 6.07) is -0.0569. The van der Waals surface area contributed by atoms with E-state index in [1.165, 1.54) is 4.31 Å². The van der Waals surface area contributed by atoms with Gasteiger partial charge in [-0.1, -0.05) is 6.92 Å². The Morgan fingerprint density at radius 3 is 2.83 bits per heavy atom. The Hall–Kier alpha value is -0.920. The Morgan fingerprint density at radius 2 is 2.28 bits per heavy atom. The normalized spacial score (nSPS) is 21.6. The molecule has 2 heterocycles. The lowest BCUT2D eigenvalue weighted by atomic mass is 10.3. The third-order valence-electron chi connectivity index (χ3n) is 3.21. The maximum absolute atomic E-state index is 12.3. The van der Waals surface area contributed by atoms with Gasteiger partial charge in [-0.15, -0.1) is 0 Å². The molecule has 0 radical (unpaired) electrons. The molecule has 1 aromatic heterocycles. The molecule has 0 amide bonds. The fourth-order valence-corrected chi connectivity index (χ4v) is 3.68. The SMILES string of the molecule is CCCn1cc(S(=O)(=O)N2CCC(N)C2)nc1C. The van der Waals surface area contributed by atoms with Crippen molar-refractivity contribution in [2.75, 3.05) is 13.1 Å². The largest absolute Gasteiger partial charge is 0.334 e. The average molecular weight is 272 g/mol. The van der Waals surface area contributed by atoms with E-state index in [4.69, 9.17) is 5.73 Å². The van der Waals surface area contributed by atoms with Crippen molar-refractivity contribution in [1.82, 2.24) is 13.9 Å². The maximum Gasteiger partial charge on any atom is 0.262 e. The molecule has 1 fully saturated rings. The summed E-state index contributed by atoms with van der Waals surface area (Å²) in [5.41, 5.74) is 5.75. The van der Waals surface area contributed by atoms with E-state index >= 15 is 0 Å². The van der Waals surface area contributed by atoms with Crippen LogP contribution in [0.1, 0.15) is 25.6 Å². The van der Waals surface area contributed by atoms with Gasteiger partial charge in [0.05, 0.1) is 0 Å². The molecule has 1 aliphatic rings. The van der Waals surface area contributed by atoms with E-state index in [0.717, 1.165) is 18.8 Å². The number of aryl methyl sites for hydroxylation is 2. The second kappa shape index (κ2) is 4.99. The van der Waals surface area contributed by atoms with Crippen molar-refractivity contribution >= 4 is 10.0 Å². The van der Waals surface area contributed by atoms with E-state index in [0.29, 0.717) is 19.5 Å². The van der Waals surface area contributed by atoms with Gasteiger partial charge in [-0.25, -0.2) is 13.4 Å². The van der Waals surface area contributed by atoms with Crippen LogP contribution in [0.15, 0.2) is 11.2 Å². The Kier molecular flexibility index (Phi) is 3.74. The summed E-state index contributed by atoms with van der Waals surface area (Å²) >= 11 is 0. The number of hydrogen-bond acceptors (Lipinski definition) is 4. The first-order valence-electron chi connectivity index (χ1n) is 6.24. The topological polar surface area (TPSA) is 81.2 Å². The van der Waals surface area contributed by atoms with Crippen LogP contribution in [0, 0.1) is 6.92 Å². The van der Waals surface area contributed by atoms with Crippen LogP contribution in [0.25, 0.3) is 0 Å². The van der Waals surface area contributed by atoms with E-state index in [1.54, 1.807) is 6.20 Å². The van der Waals surface area contributed by atoms with Gasteiger partial charge in [-0.3, -0.25) is 0 Å². The molecule has 1 atom stereocenters. The monoisotopic (exact) mass is 272 g/mol. The van der Waals surface area contributed by atoms with Gasteiger partial charge < -0.3 is 10.3 Å². The first-order chi connectivity index (χ1) is 8.45. The molecule has 1 saturated heterocycles. The van der Waals surface area contributed by atoms with Crippen molar-refractivity contribution in [3.8, 4) is 0 Å². The molecule has 18 heavy (non-hydrogen) atoms. The molecule has 6 nitrogen and oxygen atoms in total. The van der Waals surface area contributed by atoms with Gasteiger partial charge in [0.2, 0.25) is 0 Å². The average Bonchev–Trinajstić information content (AvgIpc) is 2.87. The number of sulfonamides is 1. The first-order valence-corrected chi connectivity index (χ1v) is 7.68. The number of nitrogens with two attached hydrogens (primary N) is 1. The molecule has 1 aromatic rings. The second-order valence-corrected chi connectivity index (χ2v) is 6.62. The zero-order valence-corrected chi connectivity index (χ0v) is 11.7. The van der Waals surface area contributed by atoms with Gasteiger partial charge in [0.25, 0.3) is 10.0 Å². The van der Waals surface area contributed by atoms with Crippen molar-refractivity contribution in [3.05, 3.63) is 12.0 Å². The quantitative estimate of drug-likeness (QED) is 0.856. The van der Waals surface area contributed by atoms with E-state index in [2.05, 4.69) is 4.98 Å². The smallest absolute Gasteiger partial charge is 0.262 e. The molecule has 0 spiro atoms. The number of aromatic nitrogens is 2. The number of hydrogen-bond donors (Lipinski definition) is 1. The summed E-state index contributed by atoms with van der Waals surface area (Å²) in [5.74, 6) is 0.735. The minimum Gasteiger partial charge on any atom is -0.334 e. The van der Waals surface area contributed by atoms with Gasteiger partial charge in [0.15, 0.2) is 5.03 Å². The van der Waals surface area contributed by atoms with Crippen molar-refractivity contribution in [1.29, 1.82) is 0 Å². The highest BCUT2D eigenvalue weighted by molar-refractivity contribution is 7.89. The van der Waals surface area contributed by atoms with Crippen LogP contribution < -0.4 is 5.73 Å². The highest BCUT2D eigenvalue weighted by Gasteiger charge is 2.32. The molecule has 2 N–H and O–H groups in total. The predicted molar refractivity (Wildman–Crippen MR) is 68.6 cm³/mol. The van der Waals surface area contributed by atoms with Gasteiger partial charge in [0.1, 0.15) is 5.82 Å². The van der Waals surface area contributed by atoms with Gasteiger partial charge in [0, 0.05) is 31.9 Å². The van der Waals surface area contributed by atoms with Gasteiger partial charge in [-0.2, -0.15) is 4.31 Å². The zero-order chi connectivity index (χ0) is 13.3. The molecule has 1 aliphatic heterocycles. The van der Waals surface area contributed by atoms with Crippen LogP contribution in [-0.2, 0) is 16.6 Å². The van der Waals surface area contributed by atoms with Crippen LogP contribution in [0.3, 0.4) is 0 Å². The highest BCUT2D eigenvalue weighted by atomic mass is 32.2. The van der Waals surface area contributed by atoms with Crippen molar-refractivity contribution in [2.45, 2.75) is 44.3 Å². The molecule has 102 valence electrons. The van der Waals surface area contributed by atoms with Crippen LogP contribution in [0.2, 0.25) is 0 Å². The van der Waals surface area contributed by atoms with Crippen molar-refractivity contribution < 1.29 is 8.42 Å². The maximum atomic E-state index is 12.3. The highest BCUT2D eigenvalue weighted by Crippen LogP contribution is 2.20. The molecule has 0 aromatic carbocycles. The van der Waals surface area contributed by atoms with E-state index in [1.807, 2.05) is 18.4 Å². The minimum atomic E-state index is -3.47. The van der Waals surface area contributed by atoms with E-state index in [9.17, 15) is 8.42 Å². The van der Waals surface area contributed by atoms with E-state index < -0.39 is 10.0 Å². The lowest BCUT2D eigenvalue weighted by Crippen LogP contribution is -2.32. The lowest BCUT2D eigenvalue weighted by Gasteiger charge is -2.13. The van der Waals surface area contributed by atoms with Crippen LogP contribution in [0.5, 0.6) is 0 Å². The Balaban J connectivity index is 2.27. The summed E-state index contributed by atoms with van der Waals surface area (Å²) in [4.78, 5) is 4.16. The Labute approximate surface area is 108 Å². The summed E-state index contributed by atoms with van der Waals surface area (Å²) in [6.07, 6.45) is 3.29. The van der Waals surface area contributed by atoms with Gasteiger partial charge >= 0.3 is 0 Å². The van der Waals surface area contributed by atoms with Crippen LogP contribution in [-0.4, -0.2) is 41.4 Å². The van der Waals surface area contributed by atoms with Gasteiger partial charge in [-0.05, 0) is 19.8 Å². The van der Waals surface area contributed by atoms with Crippen molar-refractivity contribution in [2.24, 2.45) is 5.73 Å². The Morgan fingerprint density at radius 1 is 1.56 bits per heavy atom. The molecule has 0 saturated carbocycles. The summed E-state index contributed by atoms with van der Waals surface area (Å²) in [7, 11) is -3.47. The Bertz CT molecular complexity index is 523. The molecule has 2 rings (SSSR count). The molecular weight excluding hydrogens is 252 g/mol. The number of imidazole rings is 1. The third-order valence-corrected chi connectivity index (χ3v) is 4.95. The molecule has 0 bridgehead atoms. The third kappa shape index (κ3) is 2.43. The fourth-order valence-electron chi connectivity index (χ4n) is 2.18. The predicted octanol–water partition coefficient (Wildman–Crippen LogP) is 0.323. The summed E-state index contributed by atoms with van der Waals surface area (Å²) < 4.78 is 28.0. The number of rotatable bonds is 4. The van der Waals surface area contributed by atoms with Crippen molar-refractivity contribution in [3.63, 3.8) is 0 Å². The number of nitrogens with zero attached hydrogens (tertiary/aromatic N) is 3.